The summed E-state index contributed by atoms with van der Waals surface area (Å²) in [4.78, 5) is 0. The zero-order valence-corrected chi connectivity index (χ0v) is 15.7. The van der Waals surface area contributed by atoms with E-state index in [1.54, 1.807) is 36.4 Å². The SMILES string of the molecule is Fc1ccccc1NC(=S)NCCCCNC(=S)Nc1ccccc1F. The van der Waals surface area contributed by atoms with Crippen LogP contribution in [0.1, 0.15) is 12.8 Å². The predicted octanol–water partition coefficient (Wildman–Crippen LogP) is 4.02. The van der Waals surface area contributed by atoms with E-state index in [2.05, 4.69) is 21.3 Å². The fourth-order valence-electron chi connectivity index (χ4n) is 2.11. The van der Waals surface area contributed by atoms with Gasteiger partial charge in [-0.15, -0.1) is 0 Å². The van der Waals surface area contributed by atoms with E-state index in [4.69, 9.17) is 24.4 Å². The Morgan fingerprint density at radius 1 is 0.692 bits per heavy atom. The average Bonchev–Trinajstić information content (AvgIpc) is 2.62. The number of hydrogen-bond acceptors (Lipinski definition) is 2. The van der Waals surface area contributed by atoms with Crippen molar-refractivity contribution in [2.45, 2.75) is 12.8 Å². The minimum Gasteiger partial charge on any atom is -0.362 e. The number of rotatable bonds is 7. The first-order chi connectivity index (χ1) is 12.6. The second-order valence-electron chi connectivity index (χ2n) is 5.43. The van der Waals surface area contributed by atoms with Crippen molar-refractivity contribution in [3.63, 3.8) is 0 Å². The Hall–Kier alpha value is -2.32. The quantitative estimate of drug-likeness (QED) is 0.420. The van der Waals surface area contributed by atoms with E-state index >= 15 is 0 Å². The molecule has 0 aliphatic carbocycles. The first-order valence-electron chi connectivity index (χ1n) is 8.15. The normalized spacial score (nSPS) is 10.1. The van der Waals surface area contributed by atoms with E-state index in [9.17, 15) is 8.78 Å². The number of para-hydroxylation sites is 2. The molecule has 4 nitrogen and oxygen atoms in total. The maximum absolute atomic E-state index is 13.5. The molecule has 2 rings (SSSR count). The summed E-state index contributed by atoms with van der Waals surface area (Å²) in [6.45, 7) is 1.30. The number of nitrogens with one attached hydrogen (secondary N) is 4. The van der Waals surface area contributed by atoms with Crippen LogP contribution in [0.4, 0.5) is 20.2 Å². The van der Waals surface area contributed by atoms with Crippen LogP contribution in [0.15, 0.2) is 48.5 Å². The van der Waals surface area contributed by atoms with Crippen molar-refractivity contribution in [1.82, 2.24) is 10.6 Å². The molecular weight excluding hydrogens is 374 g/mol. The molecule has 0 saturated carbocycles. The molecule has 0 spiro atoms. The van der Waals surface area contributed by atoms with Gasteiger partial charge < -0.3 is 21.3 Å². The van der Waals surface area contributed by atoms with Crippen molar-refractivity contribution >= 4 is 46.0 Å². The molecule has 4 N–H and O–H groups in total. The minimum atomic E-state index is -0.350. The molecule has 2 aromatic rings. The molecular formula is C18H20F2N4S2. The summed E-state index contributed by atoms with van der Waals surface area (Å²) in [5, 5.41) is 12.4. The molecule has 0 radical (unpaired) electrons. The molecule has 0 unspecified atom stereocenters. The zero-order valence-electron chi connectivity index (χ0n) is 14.0. The highest BCUT2D eigenvalue weighted by Crippen LogP contribution is 2.12. The van der Waals surface area contributed by atoms with Crippen molar-refractivity contribution in [2.24, 2.45) is 0 Å². The third-order valence-corrected chi connectivity index (χ3v) is 3.91. The third-order valence-electron chi connectivity index (χ3n) is 3.42. The highest BCUT2D eigenvalue weighted by molar-refractivity contribution is 7.80. The van der Waals surface area contributed by atoms with E-state index in [1.807, 2.05) is 0 Å². The first-order valence-corrected chi connectivity index (χ1v) is 8.96. The Morgan fingerprint density at radius 3 is 1.46 bits per heavy atom. The maximum atomic E-state index is 13.5. The summed E-state index contributed by atoms with van der Waals surface area (Å²) in [7, 11) is 0. The number of anilines is 2. The lowest BCUT2D eigenvalue weighted by molar-refractivity contribution is 0.631. The van der Waals surface area contributed by atoms with Crippen LogP contribution in [-0.2, 0) is 0 Å². The summed E-state index contributed by atoms with van der Waals surface area (Å²) in [6, 6.07) is 12.7. The Labute approximate surface area is 162 Å². The summed E-state index contributed by atoms with van der Waals surface area (Å²) < 4.78 is 27.0. The Bertz CT molecular complexity index is 692. The topological polar surface area (TPSA) is 48.1 Å². The molecule has 2 aromatic carbocycles. The summed E-state index contributed by atoms with van der Waals surface area (Å²) in [5.41, 5.74) is 0.687. The van der Waals surface area contributed by atoms with E-state index in [1.165, 1.54) is 12.1 Å². The highest BCUT2D eigenvalue weighted by atomic mass is 32.1. The molecule has 0 fully saturated rings. The average molecular weight is 395 g/mol. The maximum Gasteiger partial charge on any atom is 0.170 e. The van der Waals surface area contributed by atoms with Crippen molar-refractivity contribution in [3.8, 4) is 0 Å². The molecule has 0 aliphatic heterocycles. The van der Waals surface area contributed by atoms with Crippen LogP contribution in [0, 0.1) is 11.6 Å². The van der Waals surface area contributed by atoms with E-state index in [0.29, 0.717) is 34.7 Å². The van der Waals surface area contributed by atoms with Gasteiger partial charge in [0.15, 0.2) is 10.2 Å². The standard InChI is InChI=1S/C18H20F2N4S2/c19-13-7-1-3-9-15(13)23-17(25)21-11-5-6-12-22-18(26)24-16-10-4-2-8-14(16)20/h1-4,7-10H,5-6,11-12H2,(H2,21,23,25)(H2,22,24,26). The van der Waals surface area contributed by atoms with Crippen LogP contribution in [0.25, 0.3) is 0 Å². The van der Waals surface area contributed by atoms with Gasteiger partial charge >= 0.3 is 0 Å². The van der Waals surface area contributed by atoms with E-state index in [0.717, 1.165) is 12.8 Å². The van der Waals surface area contributed by atoms with Gasteiger partial charge in [0.25, 0.3) is 0 Å². The second kappa shape index (κ2) is 10.6. The van der Waals surface area contributed by atoms with Gasteiger partial charge in [-0.05, 0) is 61.5 Å². The molecule has 0 bridgehead atoms. The summed E-state index contributed by atoms with van der Waals surface area (Å²) in [6.07, 6.45) is 1.68. The molecule has 0 heterocycles. The van der Waals surface area contributed by atoms with Crippen molar-refractivity contribution < 1.29 is 8.78 Å². The smallest absolute Gasteiger partial charge is 0.170 e. The second-order valence-corrected chi connectivity index (χ2v) is 6.25. The Morgan fingerprint density at radius 2 is 1.08 bits per heavy atom. The molecule has 0 saturated heterocycles. The largest absolute Gasteiger partial charge is 0.362 e. The monoisotopic (exact) mass is 394 g/mol. The van der Waals surface area contributed by atoms with Crippen LogP contribution < -0.4 is 21.3 Å². The van der Waals surface area contributed by atoms with Gasteiger partial charge in [0.2, 0.25) is 0 Å². The van der Waals surface area contributed by atoms with Crippen LogP contribution in [0.5, 0.6) is 0 Å². The van der Waals surface area contributed by atoms with Crippen molar-refractivity contribution in [2.75, 3.05) is 23.7 Å². The highest BCUT2D eigenvalue weighted by Gasteiger charge is 2.03. The van der Waals surface area contributed by atoms with E-state index < -0.39 is 0 Å². The van der Waals surface area contributed by atoms with Crippen molar-refractivity contribution in [3.05, 3.63) is 60.2 Å². The molecule has 26 heavy (non-hydrogen) atoms. The fourth-order valence-corrected chi connectivity index (χ4v) is 2.54. The van der Waals surface area contributed by atoms with Gasteiger partial charge in [0, 0.05) is 13.1 Å². The third kappa shape index (κ3) is 6.89. The Kier molecular flexibility index (Phi) is 8.17. The van der Waals surface area contributed by atoms with Crippen LogP contribution in [-0.4, -0.2) is 23.3 Å². The van der Waals surface area contributed by atoms with Gasteiger partial charge in [0.05, 0.1) is 11.4 Å². The lowest BCUT2D eigenvalue weighted by Gasteiger charge is -2.12. The van der Waals surface area contributed by atoms with Gasteiger partial charge in [-0.1, -0.05) is 24.3 Å². The number of hydrogen-bond donors (Lipinski definition) is 4. The van der Waals surface area contributed by atoms with Gasteiger partial charge in [0.1, 0.15) is 11.6 Å². The first kappa shape index (κ1) is 20.0. The number of benzene rings is 2. The molecule has 0 atom stereocenters. The van der Waals surface area contributed by atoms with Gasteiger partial charge in [-0.3, -0.25) is 0 Å². The predicted molar refractivity (Wildman–Crippen MR) is 110 cm³/mol. The van der Waals surface area contributed by atoms with Crippen LogP contribution >= 0.6 is 24.4 Å². The van der Waals surface area contributed by atoms with Gasteiger partial charge in [-0.2, -0.15) is 0 Å². The zero-order chi connectivity index (χ0) is 18.8. The number of unbranched alkanes of at least 4 members (excludes halogenated alkanes) is 1. The van der Waals surface area contributed by atoms with Gasteiger partial charge in [-0.25, -0.2) is 8.78 Å². The molecule has 0 amide bonds. The fraction of sp³-hybridized carbons (Fsp3) is 0.222. The summed E-state index contributed by atoms with van der Waals surface area (Å²) >= 11 is 10.3. The lowest BCUT2D eigenvalue weighted by Crippen LogP contribution is -2.31. The lowest BCUT2D eigenvalue weighted by atomic mass is 10.3. The molecule has 0 aliphatic rings. The van der Waals surface area contributed by atoms with Crippen LogP contribution in [0.3, 0.4) is 0 Å². The molecule has 8 heteroatoms. The molecule has 138 valence electrons. The molecule has 0 aromatic heterocycles. The minimum absolute atomic E-state index is 0.344. The Balaban J connectivity index is 1.56. The van der Waals surface area contributed by atoms with Crippen LogP contribution in [0.2, 0.25) is 0 Å². The number of thiocarbonyl (C=S) groups is 2. The van der Waals surface area contributed by atoms with E-state index in [-0.39, 0.29) is 11.6 Å². The summed E-state index contributed by atoms with van der Waals surface area (Å²) in [5.74, 6) is -0.701. The van der Waals surface area contributed by atoms with Crippen molar-refractivity contribution in [1.29, 1.82) is 0 Å². The number of halogens is 2.